The zero-order valence-electron chi connectivity index (χ0n) is 13.1. The van der Waals surface area contributed by atoms with E-state index in [-0.39, 0.29) is 22.5 Å². The summed E-state index contributed by atoms with van der Waals surface area (Å²) in [6.07, 6.45) is -4.81. The van der Waals surface area contributed by atoms with Gasteiger partial charge in [-0.05, 0) is 41.1 Å². The Balaban J connectivity index is 1.76. The van der Waals surface area contributed by atoms with E-state index >= 15 is 0 Å². The van der Waals surface area contributed by atoms with Crippen LogP contribution >= 0.6 is 0 Å². The van der Waals surface area contributed by atoms with Gasteiger partial charge in [-0.2, -0.15) is 4.74 Å². The topological polar surface area (TPSA) is 52.4 Å². The second-order valence-electron chi connectivity index (χ2n) is 5.76. The average Bonchev–Trinajstić information content (AvgIpc) is 2.83. The second-order valence-corrected chi connectivity index (χ2v) is 5.76. The second kappa shape index (κ2) is 5.59. The van der Waals surface area contributed by atoms with Gasteiger partial charge in [-0.3, -0.25) is 4.79 Å². The van der Waals surface area contributed by atoms with E-state index in [0.29, 0.717) is 4.74 Å². The van der Waals surface area contributed by atoms with Crippen LogP contribution in [-0.2, 0) is 0 Å². The van der Waals surface area contributed by atoms with E-state index in [1.807, 2.05) is 24.3 Å². The summed E-state index contributed by atoms with van der Waals surface area (Å²) in [5.74, 6) is -0.891. The molecule has 130 valence electrons. The SMILES string of the molecule is O=C1C(c2ccc(OC(F)(F)F)cc2)=[N+]([O-])c2cc3ccccc3cc21. The van der Waals surface area contributed by atoms with Crippen LogP contribution in [0.15, 0.2) is 60.7 Å². The molecule has 0 saturated carbocycles. The maximum absolute atomic E-state index is 12.7. The van der Waals surface area contributed by atoms with Crippen LogP contribution in [0.25, 0.3) is 10.8 Å². The molecule has 26 heavy (non-hydrogen) atoms. The van der Waals surface area contributed by atoms with Gasteiger partial charge in [-0.1, -0.05) is 24.3 Å². The van der Waals surface area contributed by atoms with Gasteiger partial charge in [0, 0.05) is 6.07 Å². The summed E-state index contributed by atoms with van der Waals surface area (Å²) in [5, 5.41) is 14.2. The van der Waals surface area contributed by atoms with Crippen LogP contribution in [0, 0.1) is 5.21 Å². The normalized spacial score (nSPS) is 14.0. The number of nitrogens with zero attached hydrogens (tertiary/aromatic N) is 1. The first-order valence-electron chi connectivity index (χ1n) is 7.61. The third-order valence-electron chi connectivity index (χ3n) is 4.11. The number of ether oxygens (including phenoxy) is 1. The number of halogens is 3. The lowest BCUT2D eigenvalue weighted by atomic mass is 10.00. The highest BCUT2D eigenvalue weighted by Crippen LogP contribution is 2.33. The fourth-order valence-corrected chi connectivity index (χ4v) is 2.98. The van der Waals surface area contributed by atoms with Crippen LogP contribution in [-0.4, -0.2) is 22.6 Å². The molecule has 0 bridgehead atoms. The molecule has 0 atom stereocenters. The summed E-state index contributed by atoms with van der Waals surface area (Å²) in [6, 6.07) is 15.2. The number of rotatable bonds is 2. The monoisotopic (exact) mass is 357 g/mol. The Bertz CT molecular complexity index is 1070. The highest BCUT2D eigenvalue weighted by Gasteiger charge is 2.37. The van der Waals surface area contributed by atoms with Crippen molar-refractivity contribution in [3.05, 3.63) is 77.0 Å². The Hall–Kier alpha value is -3.35. The van der Waals surface area contributed by atoms with Crippen molar-refractivity contribution in [3.8, 4) is 5.75 Å². The van der Waals surface area contributed by atoms with Crippen LogP contribution in [0.4, 0.5) is 18.9 Å². The molecule has 3 aromatic rings. The molecule has 4 rings (SSSR count). The zero-order valence-corrected chi connectivity index (χ0v) is 13.1. The molecule has 4 nitrogen and oxygen atoms in total. The molecule has 0 amide bonds. The molecule has 0 radical (unpaired) electrons. The van der Waals surface area contributed by atoms with Crippen LogP contribution in [0.1, 0.15) is 15.9 Å². The minimum absolute atomic E-state index is 0.131. The van der Waals surface area contributed by atoms with E-state index < -0.39 is 17.9 Å². The molecule has 0 aliphatic carbocycles. The number of benzene rings is 3. The van der Waals surface area contributed by atoms with E-state index in [0.717, 1.165) is 22.9 Å². The first kappa shape index (κ1) is 16.1. The van der Waals surface area contributed by atoms with Gasteiger partial charge in [0.1, 0.15) is 11.3 Å². The first-order chi connectivity index (χ1) is 12.3. The van der Waals surface area contributed by atoms with Crippen molar-refractivity contribution in [2.24, 2.45) is 0 Å². The molecule has 3 aromatic carbocycles. The first-order valence-corrected chi connectivity index (χ1v) is 7.61. The van der Waals surface area contributed by atoms with Crippen molar-refractivity contribution in [2.75, 3.05) is 0 Å². The number of carbonyl (C=O) groups is 1. The molecule has 1 heterocycles. The van der Waals surface area contributed by atoms with Crippen molar-refractivity contribution >= 4 is 28.0 Å². The minimum Gasteiger partial charge on any atom is -0.618 e. The molecular weight excluding hydrogens is 347 g/mol. The van der Waals surface area contributed by atoms with Gasteiger partial charge < -0.3 is 9.94 Å². The number of alkyl halides is 3. The van der Waals surface area contributed by atoms with E-state index in [1.165, 1.54) is 12.1 Å². The number of hydrogen-bond acceptors (Lipinski definition) is 3. The molecule has 1 aliphatic heterocycles. The van der Waals surface area contributed by atoms with E-state index in [9.17, 15) is 23.2 Å². The minimum atomic E-state index is -4.81. The molecule has 0 fully saturated rings. The number of ketones is 1. The summed E-state index contributed by atoms with van der Waals surface area (Å²) in [6.45, 7) is 0. The summed E-state index contributed by atoms with van der Waals surface area (Å²) in [4.78, 5) is 12.7. The Kier molecular flexibility index (Phi) is 3.47. The summed E-state index contributed by atoms with van der Waals surface area (Å²) < 4.78 is 41.0. The van der Waals surface area contributed by atoms with Crippen LogP contribution in [0.2, 0.25) is 0 Å². The van der Waals surface area contributed by atoms with Crippen LogP contribution in [0.5, 0.6) is 5.75 Å². The van der Waals surface area contributed by atoms with Crippen LogP contribution in [0.3, 0.4) is 0 Å². The summed E-state index contributed by atoms with van der Waals surface area (Å²) in [5.41, 5.74) is 0.581. The van der Waals surface area contributed by atoms with E-state index in [1.54, 1.807) is 12.1 Å². The smallest absolute Gasteiger partial charge is 0.573 e. The van der Waals surface area contributed by atoms with Gasteiger partial charge >= 0.3 is 6.36 Å². The quantitative estimate of drug-likeness (QED) is 0.499. The Morgan fingerprint density at radius 2 is 1.54 bits per heavy atom. The van der Waals surface area contributed by atoms with Gasteiger partial charge in [-0.15, -0.1) is 13.2 Å². The lowest BCUT2D eigenvalue weighted by molar-refractivity contribution is -0.355. The maximum atomic E-state index is 12.7. The van der Waals surface area contributed by atoms with Crippen molar-refractivity contribution in [1.29, 1.82) is 0 Å². The third kappa shape index (κ3) is 2.67. The lowest BCUT2D eigenvalue weighted by Crippen LogP contribution is -2.18. The van der Waals surface area contributed by atoms with Crippen molar-refractivity contribution in [3.63, 3.8) is 0 Å². The van der Waals surface area contributed by atoms with Crippen LogP contribution < -0.4 is 4.74 Å². The molecule has 7 heteroatoms. The lowest BCUT2D eigenvalue weighted by Gasteiger charge is -2.08. The number of Topliss-reactive ketones (excluding diaryl/α,β-unsaturated/α-hetero) is 1. The molecule has 0 N–H and O–H groups in total. The Morgan fingerprint density at radius 1 is 0.923 bits per heavy atom. The molecule has 0 saturated heterocycles. The van der Waals surface area contributed by atoms with Crippen molar-refractivity contribution in [2.45, 2.75) is 6.36 Å². The highest BCUT2D eigenvalue weighted by atomic mass is 19.4. The van der Waals surface area contributed by atoms with Crippen molar-refractivity contribution < 1.29 is 27.4 Å². The zero-order chi connectivity index (χ0) is 18.5. The average molecular weight is 357 g/mol. The third-order valence-corrected chi connectivity index (χ3v) is 4.11. The fourth-order valence-electron chi connectivity index (χ4n) is 2.98. The molecule has 0 aromatic heterocycles. The van der Waals surface area contributed by atoms with Gasteiger partial charge in [-0.25, -0.2) is 0 Å². The Labute approximate surface area is 145 Å². The van der Waals surface area contributed by atoms with Gasteiger partial charge in [0.15, 0.2) is 0 Å². The predicted octanol–water partition coefficient (Wildman–Crippen LogP) is 4.57. The number of fused-ring (bicyclic) bond motifs is 2. The fraction of sp³-hybridized carbons (Fsp3) is 0.0526. The van der Waals surface area contributed by atoms with Gasteiger partial charge in [0.05, 0.1) is 5.56 Å². The predicted molar refractivity (Wildman–Crippen MR) is 88.8 cm³/mol. The highest BCUT2D eigenvalue weighted by molar-refractivity contribution is 6.52. The number of carbonyl (C=O) groups excluding carboxylic acids is 1. The number of hydrogen-bond donors (Lipinski definition) is 0. The van der Waals surface area contributed by atoms with Crippen molar-refractivity contribution in [1.82, 2.24) is 0 Å². The maximum Gasteiger partial charge on any atom is 0.573 e. The molecule has 0 spiro atoms. The molecule has 0 unspecified atom stereocenters. The Morgan fingerprint density at radius 3 is 2.15 bits per heavy atom. The molecule has 1 aliphatic rings. The van der Waals surface area contributed by atoms with Gasteiger partial charge in [0.25, 0.3) is 11.5 Å². The summed E-state index contributed by atoms with van der Waals surface area (Å²) >= 11 is 0. The standard InChI is InChI=1S/C19H10F3NO3/c20-19(21,22)26-14-7-5-11(6-8-14)17-18(24)15-9-12-3-1-2-4-13(12)10-16(15)23(17)25/h1-10H. The largest absolute Gasteiger partial charge is 0.618 e. The summed E-state index contributed by atoms with van der Waals surface area (Å²) in [7, 11) is 0. The van der Waals surface area contributed by atoms with Gasteiger partial charge in [0.2, 0.25) is 5.69 Å². The molecular formula is C19H10F3NO3. The van der Waals surface area contributed by atoms with E-state index in [4.69, 9.17) is 0 Å². The van der Waals surface area contributed by atoms with E-state index in [2.05, 4.69) is 4.74 Å².